The fourth-order valence-corrected chi connectivity index (χ4v) is 6.62. The molecule has 2 aromatic carbocycles. The molecule has 9 heteroatoms. The molecule has 1 aliphatic carbocycles. The van der Waals surface area contributed by atoms with E-state index >= 15 is 0 Å². The lowest BCUT2D eigenvalue weighted by molar-refractivity contribution is -0.145. The van der Waals surface area contributed by atoms with E-state index in [0.29, 0.717) is 21.8 Å². The second kappa shape index (κ2) is 7.45. The average molecular weight is 482 g/mol. The average Bonchev–Trinajstić information content (AvgIpc) is 3.54. The van der Waals surface area contributed by atoms with Crippen LogP contribution in [0, 0.1) is 11.8 Å². The van der Waals surface area contributed by atoms with Gasteiger partial charge in [-0.2, -0.15) is 0 Å². The van der Waals surface area contributed by atoms with Gasteiger partial charge in [0.25, 0.3) is 0 Å². The normalized spacial score (nSPS) is 30.3. The van der Waals surface area contributed by atoms with Crippen LogP contribution in [0.4, 0.5) is 5.69 Å². The lowest BCUT2D eigenvalue weighted by Crippen LogP contribution is -2.54. The molecule has 3 heterocycles. The second-order valence-electron chi connectivity index (χ2n) is 9.72. The van der Waals surface area contributed by atoms with E-state index in [1.807, 2.05) is 0 Å². The Morgan fingerprint density at radius 2 is 1.76 bits per heavy atom. The number of imide groups is 1. The summed E-state index contributed by atoms with van der Waals surface area (Å²) in [6.07, 6.45) is 3.79. The molecule has 0 aromatic heterocycles. The molecular formula is C25H24ClN3O5. The number of rotatable bonds is 3. The van der Waals surface area contributed by atoms with Gasteiger partial charge in [0.1, 0.15) is 5.54 Å². The van der Waals surface area contributed by atoms with Crippen molar-refractivity contribution in [1.82, 2.24) is 10.2 Å². The van der Waals surface area contributed by atoms with Crippen molar-refractivity contribution < 1.29 is 24.6 Å². The molecule has 1 saturated carbocycles. The van der Waals surface area contributed by atoms with Crippen molar-refractivity contribution in [3.63, 3.8) is 0 Å². The number of nitrogens with one attached hydrogen (secondary N) is 2. The zero-order valence-electron chi connectivity index (χ0n) is 18.3. The Bertz CT molecular complexity index is 1240. The molecule has 0 radical (unpaired) electrons. The lowest BCUT2D eigenvalue weighted by Gasteiger charge is -2.31. The van der Waals surface area contributed by atoms with Crippen molar-refractivity contribution in [2.45, 2.75) is 49.7 Å². The molecule has 2 unspecified atom stereocenters. The highest BCUT2D eigenvalue weighted by molar-refractivity contribution is 6.31. The van der Waals surface area contributed by atoms with Crippen LogP contribution < -0.4 is 10.6 Å². The Kier molecular flexibility index (Phi) is 4.70. The summed E-state index contributed by atoms with van der Waals surface area (Å²) in [5.74, 6) is -3.06. The van der Waals surface area contributed by atoms with Gasteiger partial charge in [0.05, 0.1) is 11.8 Å². The first-order valence-corrected chi connectivity index (χ1v) is 12.0. The minimum atomic E-state index is -1.41. The Morgan fingerprint density at radius 1 is 1.00 bits per heavy atom. The zero-order chi connectivity index (χ0) is 23.8. The van der Waals surface area contributed by atoms with Crippen LogP contribution in [0.2, 0.25) is 5.02 Å². The molecule has 2 saturated heterocycles. The molecule has 6 rings (SSSR count). The van der Waals surface area contributed by atoms with Crippen molar-refractivity contribution in [3.05, 3.63) is 52.5 Å². The molecule has 0 bridgehead atoms. The number of fused-ring (bicyclic) bond motifs is 4. The molecule has 3 fully saturated rings. The first-order chi connectivity index (χ1) is 16.3. The molecule has 2 aromatic rings. The third kappa shape index (κ3) is 2.85. The number of amides is 3. The first kappa shape index (κ1) is 21.4. The van der Waals surface area contributed by atoms with E-state index in [9.17, 15) is 24.6 Å². The zero-order valence-corrected chi connectivity index (χ0v) is 19.0. The van der Waals surface area contributed by atoms with Crippen molar-refractivity contribution >= 4 is 35.0 Å². The second-order valence-corrected chi connectivity index (χ2v) is 10.2. The monoisotopic (exact) mass is 481 g/mol. The summed E-state index contributed by atoms with van der Waals surface area (Å²) in [5, 5.41) is 26.3. The minimum Gasteiger partial charge on any atom is -0.504 e. The summed E-state index contributed by atoms with van der Waals surface area (Å²) in [6.45, 7) is 0. The molecule has 8 nitrogen and oxygen atoms in total. The van der Waals surface area contributed by atoms with Gasteiger partial charge in [0.2, 0.25) is 17.7 Å². The third-order valence-electron chi connectivity index (χ3n) is 7.90. The first-order valence-electron chi connectivity index (χ1n) is 11.6. The molecule has 4 aliphatic rings. The number of nitrogens with zero attached hydrogens (tertiary/aromatic N) is 1. The quantitative estimate of drug-likeness (QED) is 0.395. The van der Waals surface area contributed by atoms with Crippen LogP contribution in [0.3, 0.4) is 0 Å². The van der Waals surface area contributed by atoms with Crippen LogP contribution in [0.25, 0.3) is 0 Å². The summed E-state index contributed by atoms with van der Waals surface area (Å²) in [7, 11) is 0. The molecule has 176 valence electrons. The number of anilines is 1. The van der Waals surface area contributed by atoms with Gasteiger partial charge >= 0.3 is 0 Å². The molecule has 4 atom stereocenters. The van der Waals surface area contributed by atoms with Gasteiger partial charge in [-0.3, -0.25) is 24.6 Å². The van der Waals surface area contributed by atoms with E-state index in [0.717, 1.165) is 25.7 Å². The van der Waals surface area contributed by atoms with Crippen molar-refractivity contribution in [2.75, 3.05) is 5.32 Å². The van der Waals surface area contributed by atoms with E-state index in [-0.39, 0.29) is 41.7 Å². The van der Waals surface area contributed by atoms with Crippen LogP contribution in [0.15, 0.2) is 36.4 Å². The topological polar surface area (TPSA) is 119 Å². The fraction of sp³-hybridized carbons (Fsp3) is 0.400. The smallest absolute Gasteiger partial charge is 0.250 e. The summed E-state index contributed by atoms with van der Waals surface area (Å²) < 4.78 is 0. The van der Waals surface area contributed by atoms with Gasteiger partial charge in [-0.25, -0.2) is 0 Å². The number of hydrogen-bond acceptors (Lipinski definition) is 6. The number of carbonyl (C=O) groups is 3. The largest absolute Gasteiger partial charge is 0.504 e. The maximum Gasteiger partial charge on any atom is 0.250 e. The standard InChI is InChI=1S/C25H24ClN3O5/c26-13-6-7-16-15(11-13)25(24(34)27-16)21-20(22(32)29(23(21)33)14-3-1-2-4-14)17(28-25)9-12-5-8-18(30)19(31)10-12/h5-8,10-11,14,17,20-21,28,30-31H,1-4,9H2,(H,27,34)/t17?,20-,21+,25?/m0/s1. The van der Waals surface area contributed by atoms with Crippen LogP contribution >= 0.6 is 11.6 Å². The van der Waals surface area contributed by atoms with Crippen molar-refractivity contribution in [2.24, 2.45) is 11.8 Å². The third-order valence-corrected chi connectivity index (χ3v) is 8.13. The van der Waals surface area contributed by atoms with Gasteiger partial charge < -0.3 is 15.5 Å². The highest BCUT2D eigenvalue weighted by atomic mass is 35.5. The SMILES string of the molecule is O=C1[C@H]2C(Cc3ccc(O)c(O)c3)NC3(C(=O)Nc4ccc(Cl)cc43)[C@H]2C(=O)N1C1CCCC1. The lowest BCUT2D eigenvalue weighted by atomic mass is 9.76. The fourth-order valence-electron chi connectivity index (χ4n) is 6.44. The summed E-state index contributed by atoms with van der Waals surface area (Å²) >= 11 is 6.29. The van der Waals surface area contributed by atoms with E-state index in [1.54, 1.807) is 24.3 Å². The maximum absolute atomic E-state index is 13.9. The van der Waals surface area contributed by atoms with Gasteiger partial charge in [-0.1, -0.05) is 30.5 Å². The van der Waals surface area contributed by atoms with Crippen molar-refractivity contribution in [1.29, 1.82) is 0 Å². The molecule has 3 amide bonds. The number of benzene rings is 2. The van der Waals surface area contributed by atoms with Crippen LogP contribution in [0.5, 0.6) is 11.5 Å². The highest BCUT2D eigenvalue weighted by Gasteiger charge is 2.70. The van der Waals surface area contributed by atoms with E-state index < -0.39 is 23.4 Å². The number of aromatic hydroxyl groups is 2. The summed E-state index contributed by atoms with van der Waals surface area (Å²) in [4.78, 5) is 42.5. The predicted molar refractivity (Wildman–Crippen MR) is 123 cm³/mol. The number of halogens is 1. The van der Waals surface area contributed by atoms with Crippen molar-refractivity contribution in [3.8, 4) is 11.5 Å². The number of phenols is 2. The highest BCUT2D eigenvalue weighted by Crippen LogP contribution is 2.54. The number of carbonyl (C=O) groups excluding carboxylic acids is 3. The Hall–Kier alpha value is -3.10. The molecule has 1 spiro atoms. The van der Waals surface area contributed by atoms with Crippen LogP contribution in [0.1, 0.15) is 36.8 Å². The Morgan fingerprint density at radius 3 is 2.50 bits per heavy atom. The van der Waals surface area contributed by atoms with Gasteiger partial charge in [-0.15, -0.1) is 0 Å². The van der Waals surface area contributed by atoms with Gasteiger partial charge in [0, 0.05) is 28.4 Å². The number of likely N-dealkylation sites (tertiary alicyclic amines) is 1. The van der Waals surface area contributed by atoms with E-state index in [1.165, 1.54) is 17.0 Å². The van der Waals surface area contributed by atoms with E-state index in [4.69, 9.17) is 11.6 Å². The molecule has 3 aliphatic heterocycles. The Labute approximate surface area is 200 Å². The van der Waals surface area contributed by atoms with Gasteiger partial charge in [-0.05, 0) is 55.2 Å². The number of phenolic OH excluding ortho intramolecular Hbond substituents is 2. The minimum absolute atomic E-state index is 0.135. The summed E-state index contributed by atoms with van der Waals surface area (Å²) in [5.41, 5.74) is 0.413. The summed E-state index contributed by atoms with van der Waals surface area (Å²) in [6, 6.07) is 8.88. The Balaban J connectivity index is 1.47. The number of hydrogen-bond donors (Lipinski definition) is 4. The van der Waals surface area contributed by atoms with Crippen LogP contribution in [-0.2, 0) is 26.3 Å². The van der Waals surface area contributed by atoms with Gasteiger partial charge in [0.15, 0.2) is 11.5 Å². The molecule has 4 N–H and O–H groups in total. The predicted octanol–water partition coefficient (Wildman–Crippen LogP) is 2.66. The van der Waals surface area contributed by atoms with E-state index in [2.05, 4.69) is 10.6 Å². The molecule has 34 heavy (non-hydrogen) atoms. The molecular weight excluding hydrogens is 458 g/mol. The van der Waals surface area contributed by atoms with Crippen LogP contribution in [-0.4, -0.2) is 44.9 Å². The maximum atomic E-state index is 13.9.